The highest BCUT2D eigenvalue weighted by atomic mass is 32.2. The summed E-state index contributed by atoms with van der Waals surface area (Å²) in [5.74, 6) is 0.206. The van der Waals surface area contributed by atoms with Gasteiger partial charge in [-0.3, -0.25) is 9.88 Å². The number of aryl methyl sites for hydroxylation is 1. The van der Waals surface area contributed by atoms with Crippen molar-refractivity contribution < 1.29 is 13.2 Å². The zero-order chi connectivity index (χ0) is 18.2. The van der Waals surface area contributed by atoms with Gasteiger partial charge >= 0.3 is 6.01 Å². The number of pyridine rings is 1. The molecule has 1 spiro atoms. The second kappa shape index (κ2) is 6.59. The van der Waals surface area contributed by atoms with Gasteiger partial charge in [-0.1, -0.05) is 6.07 Å². The van der Waals surface area contributed by atoms with E-state index in [0.717, 1.165) is 17.8 Å². The van der Waals surface area contributed by atoms with Crippen molar-refractivity contribution in [2.45, 2.75) is 24.6 Å². The summed E-state index contributed by atoms with van der Waals surface area (Å²) >= 11 is 0. The van der Waals surface area contributed by atoms with Gasteiger partial charge < -0.3 is 4.74 Å². The molecule has 0 N–H and O–H groups in total. The predicted octanol–water partition coefficient (Wildman–Crippen LogP) is 1.25. The molecule has 0 aromatic carbocycles. The molecular formula is C18H22N4O3S. The lowest BCUT2D eigenvalue weighted by molar-refractivity contribution is 0.0571. The number of rotatable bonds is 5. The Morgan fingerprint density at radius 1 is 1.31 bits per heavy atom. The van der Waals surface area contributed by atoms with Crippen LogP contribution in [0.5, 0.6) is 6.01 Å². The van der Waals surface area contributed by atoms with E-state index in [4.69, 9.17) is 4.74 Å². The fourth-order valence-corrected chi connectivity index (χ4v) is 6.40. The Morgan fingerprint density at radius 3 is 2.88 bits per heavy atom. The van der Waals surface area contributed by atoms with Crippen LogP contribution in [-0.4, -0.2) is 58.5 Å². The number of nitrogens with zero attached hydrogens (tertiary/aromatic N) is 4. The van der Waals surface area contributed by atoms with Gasteiger partial charge in [-0.15, -0.1) is 0 Å². The third-order valence-electron chi connectivity index (χ3n) is 5.40. The molecule has 7 nitrogen and oxygen atoms in total. The highest BCUT2D eigenvalue weighted by molar-refractivity contribution is 7.93. The zero-order valence-electron chi connectivity index (χ0n) is 14.7. The van der Waals surface area contributed by atoms with Crippen molar-refractivity contribution in [2.75, 3.05) is 25.4 Å². The minimum Gasteiger partial charge on any atom is -0.463 e. The Hall–Kier alpha value is -2.06. The number of ether oxygens (including phenoxy) is 1. The number of hydrogen-bond donors (Lipinski definition) is 0. The van der Waals surface area contributed by atoms with E-state index in [1.54, 1.807) is 18.5 Å². The molecule has 4 rings (SSSR count). The van der Waals surface area contributed by atoms with Crippen LogP contribution in [0.1, 0.15) is 17.7 Å². The maximum Gasteiger partial charge on any atom is 0.316 e. The summed E-state index contributed by atoms with van der Waals surface area (Å²) in [5, 5.41) is 0. The van der Waals surface area contributed by atoms with Crippen molar-refractivity contribution >= 4 is 9.84 Å². The van der Waals surface area contributed by atoms with Gasteiger partial charge in [0.15, 0.2) is 9.84 Å². The molecule has 4 heterocycles. The Labute approximate surface area is 153 Å². The standard InChI is InChI=1S/C18H22N4O3S/c1-14-4-7-20-17(21-14)25-11-16-5-8-26(23,24)18(16)12-22(13-18)10-15-3-2-6-19-9-15/h2-4,6-7,9,16H,5,8,10-13H2,1H3/t16-/m1/s1. The van der Waals surface area contributed by atoms with Crippen LogP contribution in [0.25, 0.3) is 0 Å². The Kier molecular flexibility index (Phi) is 4.40. The van der Waals surface area contributed by atoms with Crippen molar-refractivity contribution in [3.8, 4) is 6.01 Å². The van der Waals surface area contributed by atoms with Crippen LogP contribution in [0, 0.1) is 12.8 Å². The van der Waals surface area contributed by atoms with Gasteiger partial charge in [0, 0.05) is 49.8 Å². The lowest BCUT2D eigenvalue weighted by Crippen LogP contribution is -2.67. The van der Waals surface area contributed by atoms with E-state index in [-0.39, 0.29) is 11.7 Å². The normalized spacial score (nSPS) is 23.7. The first-order valence-corrected chi connectivity index (χ1v) is 10.4. The van der Waals surface area contributed by atoms with E-state index >= 15 is 0 Å². The van der Waals surface area contributed by atoms with Crippen LogP contribution in [0.4, 0.5) is 0 Å². The minimum absolute atomic E-state index is 0.0261. The van der Waals surface area contributed by atoms with Crippen LogP contribution < -0.4 is 4.74 Å². The van der Waals surface area contributed by atoms with Crippen LogP contribution in [0.15, 0.2) is 36.8 Å². The van der Waals surface area contributed by atoms with Crippen molar-refractivity contribution in [1.82, 2.24) is 19.9 Å². The summed E-state index contributed by atoms with van der Waals surface area (Å²) in [6.07, 6.45) is 5.85. The van der Waals surface area contributed by atoms with E-state index in [2.05, 4.69) is 19.9 Å². The van der Waals surface area contributed by atoms with Crippen LogP contribution in [0.2, 0.25) is 0 Å². The molecule has 2 aromatic heterocycles. The minimum atomic E-state index is -3.11. The Morgan fingerprint density at radius 2 is 2.15 bits per heavy atom. The Balaban J connectivity index is 1.43. The summed E-state index contributed by atoms with van der Waals surface area (Å²) < 4.78 is 30.5. The van der Waals surface area contributed by atoms with Crippen molar-refractivity contribution in [2.24, 2.45) is 5.92 Å². The smallest absolute Gasteiger partial charge is 0.316 e. The summed E-state index contributed by atoms with van der Waals surface area (Å²) in [4.78, 5) is 14.6. The van der Waals surface area contributed by atoms with E-state index in [9.17, 15) is 8.42 Å². The first-order chi connectivity index (χ1) is 12.5. The monoisotopic (exact) mass is 374 g/mol. The number of likely N-dealkylation sites (tertiary alicyclic amines) is 1. The number of aromatic nitrogens is 3. The van der Waals surface area contributed by atoms with Crippen molar-refractivity contribution in [3.63, 3.8) is 0 Å². The van der Waals surface area contributed by atoms with Gasteiger partial charge in [-0.25, -0.2) is 18.4 Å². The molecule has 0 radical (unpaired) electrons. The highest BCUT2D eigenvalue weighted by Gasteiger charge is 2.61. The first kappa shape index (κ1) is 17.4. The third kappa shape index (κ3) is 3.07. The maximum atomic E-state index is 12.7. The first-order valence-electron chi connectivity index (χ1n) is 8.74. The molecule has 2 saturated heterocycles. The van der Waals surface area contributed by atoms with Crippen LogP contribution in [-0.2, 0) is 16.4 Å². The van der Waals surface area contributed by atoms with Gasteiger partial charge in [0.25, 0.3) is 0 Å². The second-order valence-corrected chi connectivity index (χ2v) is 9.62. The van der Waals surface area contributed by atoms with Gasteiger partial charge in [-0.05, 0) is 31.0 Å². The van der Waals surface area contributed by atoms with Gasteiger partial charge in [-0.2, -0.15) is 0 Å². The van der Waals surface area contributed by atoms with Crippen molar-refractivity contribution in [3.05, 3.63) is 48.0 Å². The van der Waals surface area contributed by atoms with Crippen molar-refractivity contribution in [1.29, 1.82) is 0 Å². The van der Waals surface area contributed by atoms with E-state index in [1.807, 2.05) is 25.3 Å². The topological polar surface area (TPSA) is 85.3 Å². The van der Waals surface area contributed by atoms with E-state index < -0.39 is 14.6 Å². The maximum absolute atomic E-state index is 12.7. The molecular weight excluding hydrogens is 352 g/mol. The van der Waals surface area contributed by atoms with Gasteiger partial charge in [0.2, 0.25) is 0 Å². The molecule has 8 heteroatoms. The fourth-order valence-electron chi connectivity index (χ4n) is 3.95. The SMILES string of the molecule is Cc1ccnc(OC[C@H]2CCS(=O)(=O)C23CN(Cc2cccnc2)C3)n1. The summed E-state index contributed by atoms with van der Waals surface area (Å²) in [6, 6.07) is 6.03. The average Bonchev–Trinajstić information content (AvgIpc) is 2.85. The van der Waals surface area contributed by atoms with Crippen LogP contribution in [0.3, 0.4) is 0 Å². The Bertz CT molecular complexity index is 882. The average molecular weight is 374 g/mol. The molecule has 2 aliphatic heterocycles. The fraction of sp³-hybridized carbons (Fsp3) is 0.500. The largest absolute Gasteiger partial charge is 0.463 e. The molecule has 1 atom stereocenters. The lowest BCUT2D eigenvalue weighted by atomic mass is 9.83. The second-order valence-electron chi connectivity index (χ2n) is 7.17. The van der Waals surface area contributed by atoms with E-state index in [0.29, 0.717) is 32.1 Å². The zero-order valence-corrected chi connectivity index (χ0v) is 15.5. The highest BCUT2D eigenvalue weighted by Crippen LogP contribution is 2.45. The molecule has 0 aliphatic carbocycles. The quantitative estimate of drug-likeness (QED) is 0.778. The molecule has 2 aliphatic rings. The molecule has 26 heavy (non-hydrogen) atoms. The molecule has 2 fully saturated rings. The molecule has 138 valence electrons. The van der Waals surface area contributed by atoms with Gasteiger partial charge in [0.1, 0.15) is 4.75 Å². The molecule has 0 saturated carbocycles. The lowest BCUT2D eigenvalue weighted by Gasteiger charge is -2.49. The summed E-state index contributed by atoms with van der Waals surface area (Å²) in [6.45, 7) is 4.03. The summed E-state index contributed by atoms with van der Waals surface area (Å²) in [5.41, 5.74) is 1.92. The summed E-state index contributed by atoms with van der Waals surface area (Å²) in [7, 11) is -3.11. The van der Waals surface area contributed by atoms with Gasteiger partial charge in [0.05, 0.1) is 12.4 Å². The molecule has 0 bridgehead atoms. The number of sulfone groups is 1. The predicted molar refractivity (Wildman–Crippen MR) is 96.4 cm³/mol. The van der Waals surface area contributed by atoms with Crippen LogP contribution >= 0.6 is 0 Å². The molecule has 0 unspecified atom stereocenters. The molecule has 0 amide bonds. The molecule has 2 aromatic rings. The van der Waals surface area contributed by atoms with E-state index in [1.165, 1.54) is 0 Å². The third-order valence-corrected chi connectivity index (χ3v) is 8.00. The number of hydrogen-bond acceptors (Lipinski definition) is 7.